The maximum Gasteiger partial charge on any atom is 0.321 e. The quantitative estimate of drug-likeness (QED) is 0.645. The van der Waals surface area contributed by atoms with E-state index in [1.165, 1.54) is 12.1 Å². The van der Waals surface area contributed by atoms with Crippen LogP contribution in [0.1, 0.15) is 12.0 Å². The molecular weight excluding hydrogens is 363 g/mol. The molecule has 8 nitrogen and oxygen atoms in total. The second-order valence-corrected chi connectivity index (χ2v) is 6.77. The fourth-order valence-corrected chi connectivity index (χ4v) is 3.11. The van der Waals surface area contributed by atoms with Gasteiger partial charge in [-0.25, -0.2) is 18.7 Å². The summed E-state index contributed by atoms with van der Waals surface area (Å²) in [6.45, 7) is 1.36. The highest BCUT2D eigenvalue weighted by Crippen LogP contribution is 2.25. The summed E-state index contributed by atoms with van der Waals surface area (Å²) >= 11 is 0. The molecule has 1 N–H and O–H groups in total. The van der Waals surface area contributed by atoms with E-state index in [2.05, 4.69) is 15.4 Å². The monoisotopic (exact) mass is 384 g/mol. The first kappa shape index (κ1) is 18.0. The van der Waals surface area contributed by atoms with E-state index in [1.807, 2.05) is 18.0 Å². The molecule has 1 aliphatic heterocycles. The normalized spacial score (nSPS) is 15.6. The lowest BCUT2D eigenvalue weighted by atomic mass is 10.2. The second-order valence-electron chi connectivity index (χ2n) is 6.77. The lowest BCUT2D eigenvalue weighted by molar-refractivity contribution is 0.216. The van der Waals surface area contributed by atoms with Crippen LogP contribution in [0.3, 0.4) is 0 Å². The highest BCUT2D eigenvalue weighted by atomic mass is 19.1. The Bertz CT molecular complexity index is 1020. The summed E-state index contributed by atoms with van der Waals surface area (Å²) in [4.78, 5) is 20.5. The third kappa shape index (κ3) is 3.55. The van der Waals surface area contributed by atoms with Gasteiger partial charge in [0.2, 0.25) is 0 Å². The number of carbonyl (C=O) groups is 1. The third-order valence-electron chi connectivity index (χ3n) is 4.66. The minimum absolute atomic E-state index is 0.243. The van der Waals surface area contributed by atoms with Gasteiger partial charge in [0.1, 0.15) is 23.1 Å². The molecule has 2 bridgehead atoms. The van der Waals surface area contributed by atoms with E-state index in [9.17, 15) is 9.18 Å². The lowest BCUT2D eigenvalue weighted by Crippen LogP contribution is -2.32. The number of benzene rings is 1. The van der Waals surface area contributed by atoms with E-state index < -0.39 is 0 Å². The van der Waals surface area contributed by atoms with Gasteiger partial charge in [-0.3, -0.25) is 0 Å². The van der Waals surface area contributed by atoms with Crippen molar-refractivity contribution in [1.29, 1.82) is 0 Å². The van der Waals surface area contributed by atoms with Gasteiger partial charge >= 0.3 is 6.03 Å². The van der Waals surface area contributed by atoms with Gasteiger partial charge in [0, 0.05) is 38.9 Å². The molecule has 2 amide bonds. The van der Waals surface area contributed by atoms with Crippen molar-refractivity contribution in [2.24, 2.45) is 0 Å². The first-order valence-corrected chi connectivity index (χ1v) is 9.00. The molecule has 1 aromatic carbocycles. The molecule has 9 heteroatoms. The highest BCUT2D eigenvalue weighted by Gasteiger charge is 2.16. The maximum atomic E-state index is 13.8. The van der Waals surface area contributed by atoms with Gasteiger partial charge in [0.25, 0.3) is 0 Å². The Labute approximate surface area is 161 Å². The Balaban J connectivity index is 1.75. The van der Waals surface area contributed by atoms with Crippen LogP contribution in [0.15, 0.2) is 36.7 Å². The van der Waals surface area contributed by atoms with Crippen LogP contribution >= 0.6 is 0 Å². The fourth-order valence-electron chi connectivity index (χ4n) is 3.11. The molecule has 28 heavy (non-hydrogen) atoms. The number of hydrogen-bond acceptors (Lipinski definition) is 5. The Hall–Kier alpha value is -3.36. The van der Waals surface area contributed by atoms with Gasteiger partial charge in [-0.1, -0.05) is 0 Å². The molecule has 0 unspecified atom stereocenters. The van der Waals surface area contributed by atoms with Crippen LogP contribution in [0.5, 0.6) is 5.75 Å². The Morgan fingerprint density at radius 1 is 1.21 bits per heavy atom. The van der Waals surface area contributed by atoms with Gasteiger partial charge < -0.3 is 19.9 Å². The molecule has 1 aliphatic rings. The van der Waals surface area contributed by atoms with Crippen molar-refractivity contribution < 1.29 is 13.9 Å². The van der Waals surface area contributed by atoms with Crippen molar-refractivity contribution in [1.82, 2.24) is 19.5 Å². The smallest absolute Gasteiger partial charge is 0.321 e. The van der Waals surface area contributed by atoms with Crippen LogP contribution in [0, 0.1) is 5.82 Å². The fraction of sp³-hybridized carbons (Fsp3) is 0.316. The Kier molecular flexibility index (Phi) is 4.72. The van der Waals surface area contributed by atoms with Crippen molar-refractivity contribution in [3.8, 4) is 5.75 Å². The van der Waals surface area contributed by atoms with Crippen LogP contribution < -0.4 is 15.0 Å². The van der Waals surface area contributed by atoms with Crippen LogP contribution in [0.4, 0.5) is 20.7 Å². The highest BCUT2D eigenvalue weighted by molar-refractivity contribution is 5.93. The van der Waals surface area contributed by atoms with Crippen molar-refractivity contribution in [3.05, 3.63) is 48.0 Å². The second kappa shape index (κ2) is 7.34. The number of anilines is 2. The van der Waals surface area contributed by atoms with E-state index >= 15 is 0 Å². The predicted octanol–water partition coefficient (Wildman–Crippen LogP) is 2.75. The lowest BCUT2D eigenvalue weighted by Gasteiger charge is -2.20. The Morgan fingerprint density at radius 2 is 2.07 bits per heavy atom. The summed E-state index contributed by atoms with van der Waals surface area (Å²) in [5.74, 6) is 0.980. The van der Waals surface area contributed by atoms with E-state index in [0.717, 1.165) is 5.56 Å². The van der Waals surface area contributed by atoms with Crippen LogP contribution in [-0.2, 0) is 6.54 Å². The first-order valence-electron chi connectivity index (χ1n) is 9.00. The number of hydrogen-bond donors (Lipinski definition) is 1. The summed E-state index contributed by atoms with van der Waals surface area (Å²) in [5, 5.41) is 7.08. The average molecular weight is 384 g/mol. The molecule has 146 valence electrons. The number of ether oxygens (including phenoxy) is 1. The standard InChI is InChI=1S/C19H21FN6O2/c1-24-7-3-9-28-16-5-4-14(20)10-13(16)12-25(2)17-6-8-26-18(23-17)15(11-21-26)22-19(24)27/h4-6,8,10-11H,3,7,9,12H2,1-2H3,(H,22,27). The number of fused-ring (bicyclic) bond motifs is 2. The molecule has 0 saturated heterocycles. The summed E-state index contributed by atoms with van der Waals surface area (Å²) < 4.78 is 21.3. The molecule has 2 aromatic heterocycles. The summed E-state index contributed by atoms with van der Waals surface area (Å²) in [5.41, 5.74) is 1.80. The van der Waals surface area contributed by atoms with Gasteiger partial charge in [-0.2, -0.15) is 5.10 Å². The number of aromatic nitrogens is 3. The van der Waals surface area contributed by atoms with E-state index in [-0.39, 0.29) is 11.8 Å². The number of nitrogens with one attached hydrogen (secondary N) is 1. The molecule has 0 aliphatic carbocycles. The number of nitrogens with zero attached hydrogens (tertiary/aromatic N) is 5. The van der Waals surface area contributed by atoms with Crippen molar-refractivity contribution in [3.63, 3.8) is 0 Å². The van der Waals surface area contributed by atoms with Crippen molar-refractivity contribution in [2.75, 3.05) is 37.5 Å². The molecule has 0 fully saturated rings. The van der Waals surface area contributed by atoms with Gasteiger partial charge in [0.15, 0.2) is 5.65 Å². The SMILES string of the molecule is CN1CCCOc2ccc(F)cc2CN(C)c2ccn3ncc(c3n2)NC1=O. The minimum atomic E-state index is -0.315. The summed E-state index contributed by atoms with van der Waals surface area (Å²) in [6, 6.07) is 6.07. The molecule has 0 spiro atoms. The predicted molar refractivity (Wildman–Crippen MR) is 103 cm³/mol. The van der Waals surface area contributed by atoms with Crippen molar-refractivity contribution in [2.45, 2.75) is 13.0 Å². The van der Waals surface area contributed by atoms with Crippen molar-refractivity contribution >= 4 is 23.2 Å². The number of amides is 2. The number of rotatable bonds is 0. The summed E-state index contributed by atoms with van der Waals surface area (Å²) in [7, 11) is 3.59. The zero-order valence-corrected chi connectivity index (χ0v) is 15.7. The largest absolute Gasteiger partial charge is 0.493 e. The average Bonchev–Trinajstić information content (AvgIpc) is 3.07. The number of carbonyl (C=O) groups excluding carboxylic acids is 1. The minimum Gasteiger partial charge on any atom is -0.493 e. The molecular formula is C19H21FN6O2. The van der Waals surface area contributed by atoms with E-state index in [0.29, 0.717) is 49.0 Å². The molecule has 0 saturated carbocycles. The zero-order chi connectivity index (χ0) is 19.7. The van der Waals surface area contributed by atoms with Crippen LogP contribution in [0.25, 0.3) is 5.65 Å². The Morgan fingerprint density at radius 3 is 2.93 bits per heavy atom. The first-order chi connectivity index (χ1) is 13.5. The number of halogens is 1. The van der Waals surface area contributed by atoms with Gasteiger partial charge in [0.05, 0.1) is 12.8 Å². The molecule has 4 rings (SSSR count). The van der Waals surface area contributed by atoms with Gasteiger partial charge in [-0.05, 0) is 30.7 Å². The van der Waals surface area contributed by atoms with E-state index in [4.69, 9.17) is 4.74 Å². The molecule has 0 radical (unpaired) electrons. The van der Waals surface area contributed by atoms with E-state index in [1.54, 1.807) is 34.9 Å². The van der Waals surface area contributed by atoms with Gasteiger partial charge in [-0.15, -0.1) is 0 Å². The molecule has 3 aromatic rings. The maximum absolute atomic E-state index is 13.8. The topological polar surface area (TPSA) is 75.0 Å². The molecule has 0 atom stereocenters. The summed E-state index contributed by atoms with van der Waals surface area (Å²) in [6.07, 6.45) is 3.99. The molecule has 3 heterocycles. The third-order valence-corrected chi connectivity index (χ3v) is 4.66. The zero-order valence-electron chi connectivity index (χ0n) is 15.7. The van der Waals surface area contributed by atoms with Crippen LogP contribution in [0.2, 0.25) is 0 Å². The van der Waals surface area contributed by atoms with Crippen LogP contribution in [-0.4, -0.2) is 52.8 Å². The number of urea groups is 1.